The summed E-state index contributed by atoms with van der Waals surface area (Å²) in [6.45, 7) is 1.77. The van der Waals surface area contributed by atoms with Gasteiger partial charge in [-0.25, -0.2) is 0 Å². The third-order valence-corrected chi connectivity index (χ3v) is 4.54. The van der Waals surface area contributed by atoms with Crippen LogP contribution in [0.2, 0.25) is 0 Å². The number of nitrogens with one attached hydrogen (secondary N) is 1. The summed E-state index contributed by atoms with van der Waals surface area (Å²) < 4.78 is 0. The van der Waals surface area contributed by atoms with E-state index in [-0.39, 0.29) is 5.91 Å². The Hall–Kier alpha value is -1.55. The molecule has 2 heterocycles. The lowest BCUT2D eigenvalue weighted by molar-refractivity contribution is -0.131. The molecular weight excluding hydrogens is 250 g/mol. The highest BCUT2D eigenvalue weighted by molar-refractivity contribution is 5.76. The average molecular weight is 273 g/mol. The maximum absolute atomic E-state index is 12.4. The summed E-state index contributed by atoms with van der Waals surface area (Å²) in [5, 5.41) is 3.61. The highest BCUT2D eigenvalue weighted by atomic mass is 16.2. The number of carbonyl (C=O) groups is 1. The number of benzene rings is 1. The number of nitrogens with two attached hydrogens (primary N) is 1. The SMILES string of the molecule is Nc1ccccc1CCC(=O)N1CCC2CCC(C1)N2. The van der Waals surface area contributed by atoms with Gasteiger partial charge in [-0.1, -0.05) is 18.2 Å². The van der Waals surface area contributed by atoms with Crippen molar-refractivity contribution in [3.63, 3.8) is 0 Å². The fourth-order valence-corrected chi connectivity index (χ4v) is 3.33. The number of hydrogen-bond acceptors (Lipinski definition) is 3. The van der Waals surface area contributed by atoms with Gasteiger partial charge >= 0.3 is 0 Å². The van der Waals surface area contributed by atoms with Crippen LogP contribution in [-0.4, -0.2) is 36.0 Å². The maximum Gasteiger partial charge on any atom is 0.222 e. The number of fused-ring (bicyclic) bond motifs is 2. The molecule has 1 aromatic carbocycles. The van der Waals surface area contributed by atoms with Gasteiger partial charge in [-0.05, 0) is 37.3 Å². The number of carbonyl (C=O) groups excluding carboxylic acids is 1. The normalized spacial score (nSPS) is 25.5. The van der Waals surface area contributed by atoms with Crippen molar-refractivity contribution in [2.75, 3.05) is 18.8 Å². The summed E-state index contributed by atoms with van der Waals surface area (Å²) >= 11 is 0. The molecule has 0 saturated carbocycles. The van der Waals surface area contributed by atoms with Gasteiger partial charge in [0.25, 0.3) is 0 Å². The Labute approximate surface area is 120 Å². The van der Waals surface area contributed by atoms with Crippen LogP contribution in [-0.2, 0) is 11.2 Å². The lowest BCUT2D eigenvalue weighted by Gasteiger charge is -2.24. The van der Waals surface area contributed by atoms with Gasteiger partial charge in [0.05, 0.1) is 0 Å². The smallest absolute Gasteiger partial charge is 0.222 e. The van der Waals surface area contributed by atoms with Crippen LogP contribution in [0.5, 0.6) is 0 Å². The van der Waals surface area contributed by atoms with Crippen LogP contribution >= 0.6 is 0 Å². The molecule has 0 aromatic heterocycles. The largest absolute Gasteiger partial charge is 0.399 e. The van der Waals surface area contributed by atoms with E-state index in [9.17, 15) is 4.79 Å². The van der Waals surface area contributed by atoms with E-state index in [1.54, 1.807) is 0 Å². The quantitative estimate of drug-likeness (QED) is 0.822. The van der Waals surface area contributed by atoms with Crippen LogP contribution in [0.25, 0.3) is 0 Å². The summed E-state index contributed by atoms with van der Waals surface area (Å²) in [5.74, 6) is 0.266. The molecule has 2 unspecified atom stereocenters. The summed E-state index contributed by atoms with van der Waals surface area (Å²) in [7, 11) is 0. The molecule has 1 amide bonds. The number of anilines is 1. The predicted octanol–water partition coefficient (Wildman–Crippen LogP) is 1.55. The number of nitrogen functional groups attached to an aromatic ring is 1. The molecule has 2 atom stereocenters. The molecule has 4 nitrogen and oxygen atoms in total. The average Bonchev–Trinajstić information content (AvgIpc) is 2.77. The number of nitrogens with zero attached hydrogens (tertiary/aromatic N) is 1. The first-order valence-electron chi connectivity index (χ1n) is 7.59. The molecule has 0 spiro atoms. The maximum atomic E-state index is 12.4. The van der Waals surface area contributed by atoms with Crippen molar-refractivity contribution in [1.82, 2.24) is 10.2 Å². The zero-order valence-corrected chi connectivity index (χ0v) is 11.8. The Morgan fingerprint density at radius 3 is 2.90 bits per heavy atom. The van der Waals surface area contributed by atoms with Crippen molar-refractivity contribution in [1.29, 1.82) is 0 Å². The minimum atomic E-state index is 0.266. The Kier molecular flexibility index (Phi) is 3.92. The second-order valence-corrected chi connectivity index (χ2v) is 5.97. The van der Waals surface area contributed by atoms with E-state index >= 15 is 0 Å². The third kappa shape index (κ3) is 2.96. The molecule has 2 aliphatic heterocycles. The van der Waals surface area contributed by atoms with Gasteiger partial charge in [-0.15, -0.1) is 0 Å². The van der Waals surface area contributed by atoms with Crippen LogP contribution in [0.1, 0.15) is 31.2 Å². The number of hydrogen-bond donors (Lipinski definition) is 2. The Morgan fingerprint density at radius 1 is 1.25 bits per heavy atom. The van der Waals surface area contributed by atoms with Crippen molar-refractivity contribution in [2.45, 2.75) is 44.2 Å². The highest BCUT2D eigenvalue weighted by Crippen LogP contribution is 2.21. The lowest BCUT2D eigenvalue weighted by atomic mass is 10.1. The van der Waals surface area contributed by atoms with Crippen molar-refractivity contribution in [3.8, 4) is 0 Å². The van der Waals surface area contributed by atoms with E-state index in [0.717, 1.165) is 37.2 Å². The fraction of sp³-hybridized carbons (Fsp3) is 0.562. The van der Waals surface area contributed by atoms with Gasteiger partial charge in [0.1, 0.15) is 0 Å². The molecule has 2 bridgehead atoms. The molecule has 2 saturated heterocycles. The third-order valence-electron chi connectivity index (χ3n) is 4.54. The zero-order valence-electron chi connectivity index (χ0n) is 11.8. The molecule has 3 N–H and O–H groups in total. The predicted molar refractivity (Wildman–Crippen MR) is 80.3 cm³/mol. The van der Waals surface area contributed by atoms with Gasteiger partial charge in [0, 0.05) is 37.3 Å². The van der Waals surface area contributed by atoms with Crippen molar-refractivity contribution >= 4 is 11.6 Å². The van der Waals surface area contributed by atoms with E-state index in [4.69, 9.17) is 5.73 Å². The first kappa shape index (κ1) is 13.4. The molecule has 3 rings (SSSR count). The number of likely N-dealkylation sites (tertiary alicyclic amines) is 1. The molecule has 2 aliphatic rings. The zero-order chi connectivity index (χ0) is 13.9. The lowest BCUT2D eigenvalue weighted by Crippen LogP contribution is -2.39. The second-order valence-electron chi connectivity index (χ2n) is 5.97. The Bertz CT molecular complexity index is 488. The van der Waals surface area contributed by atoms with Gasteiger partial charge in [-0.3, -0.25) is 4.79 Å². The molecular formula is C16H23N3O. The van der Waals surface area contributed by atoms with Gasteiger partial charge < -0.3 is 16.0 Å². The minimum absolute atomic E-state index is 0.266. The van der Waals surface area contributed by atoms with Crippen LogP contribution < -0.4 is 11.1 Å². The van der Waals surface area contributed by atoms with E-state index in [2.05, 4.69) is 5.32 Å². The molecule has 0 radical (unpaired) electrons. The van der Waals surface area contributed by atoms with E-state index in [0.29, 0.717) is 18.5 Å². The molecule has 20 heavy (non-hydrogen) atoms. The number of rotatable bonds is 3. The fourth-order valence-electron chi connectivity index (χ4n) is 3.33. The molecule has 4 heteroatoms. The first-order valence-corrected chi connectivity index (χ1v) is 7.59. The number of amides is 1. The summed E-state index contributed by atoms with van der Waals surface area (Å²) in [6, 6.07) is 8.95. The van der Waals surface area contributed by atoms with Crippen LogP contribution in [0, 0.1) is 0 Å². The highest BCUT2D eigenvalue weighted by Gasteiger charge is 2.30. The molecule has 108 valence electrons. The van der Waals surface area contributed by atoms with E-state index in [1.165, 1.54) is 12.8 Å². The molecule has 1 aromatic rings. The Balaban J connectivity index is 1.55. The van der Waals surface area contributed by atoms with Crippen LogP contribution in [0.3, 0.4) is 0 Å². The van der Waals surface area contributed by atoms with Gasteiger partial charge in [0.15, 0.2) is 0 Å². The topological polar surface area (TPSA) is 58.4 Å². The number of aryl methyl sites for hydroxylation is 1. The molecule has 2 fully saturated rings. The monoisotopic (exact) mass is 273 g/mol. The van der Waals surface area contributed by atoms with Crippen LogP contribution in [0.4, 0.5) is 5.69 Å². The standard InChI is InChI=1S/C16H23N3O/c17-15-4-2-1-3-12(15)5-8-16(20)19-10-9-13-6-7-14(11-19)18-13/h1-4,13-14,18H,5-11,17H2. The van der Waals surface area contributed by atoms with E-state index < -0.39 is 0 Å². The molecule has 0 aliphatic carbocycles. The van der Waals surface area contributed by atoms with Crippen molar-refractivity contribution in [3.05, 3.63) is 29.8 Å². The van der Waals surface area contributed by atoms with E-state index in [1.807, 2.05) is 29.2 Å². The summed E-state index contributed by atoms with van der Waals surface area (Å²) in [4.78, 5) is 14.4. The summed E-state index contributed by atoms with van der Waals surface area (Å²) in [6.07, 6.45) is 4.87. The van der Waals surface area contributed by atoms with Crippen molar-refractivity contribution in [2.24, 2.45) is 0 Å². The van der Waals surface area contributed by atoms with Crippen molar-refractivity contribution < 1.29 is 4.79 Å². The van der Waals surface area contributed by atoms with Crippen LogP contribution in [0.15, 0.2) is 24.3 Å². The first-order chi connectivity index (χ1) is 9.72. The Morgan fingerprint density at radius 2 is 2.05 bits per heavy atom. The minimum Gasteiger partial charge on any atom is -0.399 e. The second kappa shape index (κ2) is 5.83. The summed E-state index contributed by atoms with van der Waals surface area (Å²) in [5.41, 5.74) is 7.79. The van der Waals surface area contributed by atoms with Gasteiger partial charge in [0.2, 0.25) is 5.91 Å². The number of para-hydroxylation sites is 1. The van der Waals surface area contributed by atoms with Gasteiger partial charge in [-0.2, -0.15) is 0 Å².